The Balaban J connectivity index is 2.68. The van der Waals surface area contributed by atoms with E-state index in [1.54, 1.807) is 0 Å². The van der Waals surface area contributed by atoms with E-state index in [0.717, 1.165) is 31.0 Å². The molecule has 2 N–H and O–H groups in total. The first-order chi connectivity index (χ1) is 8.21. The maximum atomic E-state index is 5.50. The molecule has 0 saturated carbocycles. The molecule has 4 nitrogen and oxygen atoms in total. The molecule has 0 saturated heterocycles. The van der Waals surface area contributed by atoms with Crippen LogP contribution in [-0.4, -0.2) is 29.6 Å². The van der Waals surface area contributed by atoms with Crippen molar-refractivity contribution in [1.82, 2.24) is 9.97 Å². The molecule has 0 amide bonds. The summed E-state index contributed by atoms with van der Waals surface area (Å²) in [4.78, 5) is 11.1. The highest BCUT2D eigenvalue weighted by Crippen LogP contribution is 2.11. The van der Waals surface area contributed by atoms with Gasteiger partial charge in [0, 0.05) is 25.5 Å². The van der Waals surface area contributed by atoms with Gasteiger partial charge in [-0.1, -0.05) is 20.3 Å². The lowest BCUT2D eigenvalue weighted by Gasteiger charge is -2.23. The van der Waals surface area contributed by atoms with Crippen LogP contribution in [0.2, 0.25) is 0 Å². The van der Waals surface area contributed by atoms with E-state index in [-0.39, 0.29) is 0 Å². The fourth-order valence-corrected chi connectivity index (χ4v) is 1.66. The zero-order valence-electron chi connectivity index (χ0n) is 11.2. The van der Waals surface area contributed by atoms with Crippen molar-refractivity contribution in [3.63, 3.8) is 0 Å². The SMILES string of the molecule is CCC(C)CN(CC)c1ncc(CCN)cn1. The minimum absolute atomic E-state index is 0.646. The largest absolute Gasteiger partial charge is 0.341 e. The Morgan fingerprint density at radius 3 is 2.41 bits per heavy atom. The molecule has 0 radical (unpaired) electrons. The predicted octanol–water partition coefficient (Wildman–Crippen LogP) is 1.85. The van der Waals surface area contributed by atoms with E-state index in [2.05, 4.69) is 35.6 Å². The summed E-state index contributed by atoms with van der Waals surface area (Å²) < 4.78 is 0. The average molecular weight is 236 g/mol. The molecule has 0 aliphatic rings. The molecule has 1 heterocycles. The van der Waals surface area contributed by atoms with Crippen molar-refractivity contribution < 1.29 is 0 Å². The lowest BCUT2D eigenvalue weighted by atomic mass is 10.1. The number of nitrogens with zero attached hydrogens (tertiary/aromatic N) is 3. The molecule has 1 aromatic rings. The summed E-state index contributed by atoms with van der Waals surface area (Å²) in [6.45, 7) is 9.21. The number of nitrogens with two attached hydrogens (primary N) is 1. The summed E-state index contributed by atoms with van der Waals surface area (Å²) in [5.41, 5.74) is 6.61. The Hall–Kier alpha value is -1.16. The van der Waals surface area contributed by atoms with Gasteiger partial charge in [0.15, 0.2) is 0 Å². The second-order valence-corrected chi connectivity index (χ2v) is 4.48. The van der Waals surface area contributed by atoms with Crippen LogP contribution in [0.1, 0.15) is 32.8 Å². The molecule has 1 aromatic heterocycles. The molecule has 0 spiro atoms. The molecule has 1 unspecified atom stereocenters. The third-order valence-electron chi connectivity index (χ3n) is 3.02. The molecular weight excluding hydrogens is 212 g/mol. The van der Waals surface area contributed by atoms with Crippen LogP contribution in [0, 0.1) is 5.92 Å². The minimum Gasteiger partial charge on any atom is -0.341 e. The summed E-state index contributed by atoms with van der Waals surface area (Å²) >= 11 is 0. The van der Waals surface area contributed by atoms with Crippen LogP contribution in [0.3, 0.4) is 0 Å². The fourth-order valence-electron chi connectivity index (χ4n) is 1.66. The van der Waals surface area contributed by atoms with Gasteiger partial charge in [-0.05, 0) is 31.4 Å². The second-order valence-electron chi connectivity index (χ2n) is 4.48. The van der Waals surface area contributed by atoms with Crippen LogP contribution < -0.4 is 10.6 Å². The maximum absolute atomic E-state index is 5.50. The Bertz CT molecular complexity index is 310. The number of hydrogen-bond acceptors (Lipinski definition) is 4. The molecule has 4 heteroatoms. The Labute approximate surface area is 104 Å². The molecule has 1 atom stereocenters. The van der Waals surface area contributed by atoms with Gasteiger partial charge in [0.05, 0.1) is 0 Å². The van der Waals surface area contributed by atoms with E-state index in [1.807, 2.05) is 12.4 Å². The lowest BCUT2D eigenvalue weighted by Crippen LogP contribution is -2.29. The van der Waals surface area contributed by atoms with Gasteiger partial charge in [-0.2, -0.15) is 0 Å². The second kappa shape index (κ2) is 7.22. The monoisotopic (exact) mass is 236 g/mol. The lowest BCUT2D eigenvalue weighted by molar-refractivity contribution is 0.542. The van der Waals surface area contributed by atoms with Crippen LogP contribution in [-0.2, 0) is 6.42 Å². The van der Waals surface area contributed by atoms with Crippen LogP contribution in [0.15, 0.2) is 12.4 Å². The third-order valence-corrected chi connectivity index (χ3v) is 3.02. The maximum Gasteiger partial charge on any atom is 0.225 e. The zero-order valence-corrected chi connectivity index (χ0v) is 11.2. The van der Waals surface area contributed by atoms with Gasteiger partial charge >= 0.3 is 0 Å². The summed E-state index contributed by atoms with van der Waals surface area (Å²) in [6, 6.07) is 0. The van der Waals surface area contributed by atoms with Gasteiger partial charge in [0.1, 0.15) is 0 Å². The number of hydrogen-bond donors (Lipinski definition) is 1. The van der Waals surface area contributed by atoms with E-state index < -0.39 is 0 Å². The summed E-state index contributed by atoms with van der Waals surface area (Å²) in [5, 5.41) is 0. The van der Waals surface area contributed by atoms with Gasteiger partial charge in [-0.3, -0.25) is 0 Å². The molecule has 1 rings (SSSR count). The fraction of sp³-hybridized carbons (Fsp3) is 0.692. The molecule has 96 valence electrons. The van der Waals surface area contributed by atoms with E-state index in [0.29, 0.717) is 12.5 Å². The highest BCUT2D eigenvalue weighted by atomic mass is 15.2. The van der Waals surface area contributed by atoms with E-state index in [1.165, 1.54) is 6.42 Å². The van der Waals surface area contributed by atoms with Crippen LogP contribution in [0.25, 0.3) is 0 Å². The smallest absolute Gasteiger partial charge is 0.225 e. The average Bonchev–Trinajstić information content (AvgIpc) is 2.37. The van der Waals surface area contributed by atoms with Crippen molar-refractivity contribution in [3.05, 3.63) is 18.0 Å². The van der Waals surface area contributed by atoms with Crippen molar-refractivity contribution >= 4 is 5.95 Å². The van der Waals surface area contributed by atoms with Crippen LogP contribution in [0.4, 0.5) is 5.95 Å². The molecule has 0 fully saturated rings. The standard InChI is InChI=1S/C13H24N4/c1-4-11(3)10-17(5-2)13-15-8-12(6-7-14)9-16-13/h8-9,11H,4-7,10,14H2,1-3H3. The van der Waals surface area contributed by atoms with Crippen molar-refractivity contribution in [2.24, 2.45) is 11.7 Å². The topological polar surface area (TPSA) is 55.0 Å². The quantitative estimate of drug-likeness (QED) is 0.785. The van der Waals surface area contributed by atoms with Gasteiger partial charge in [0.2, 0.25) is 5.95 Å². The molecule has 0 aromatic carbocycles. The molecule has 0 aliphatic heterocycles. The first-order valence-corrected chi connectivity index (χ1v) is 6.47. The van der Waals surface area contributed by atoms with Crippen molar-refractivity contribution in [1.29, 1.82) is 0 Å². The van der Waals surface area contributed by atoms with Gasteiger partial charge < -0.3 is 10.6 Å². The first-order valence-electron chi connectivity index (χ1n) is 6.47. The van der Waals surface area contributed by atoms with Crippen LogP contribution in [0.5, 0.6) is 0 Å². The van der Waals surface area contributed by atoms with Gasteiger partial charge in [-0.15, -0.1) is 0 Å². The van der Waals surface area contributed by atoms with E-state index in [9.17, 15) is 0 Å². The Morgan fingerprint density at radius 1 is 1.29 bits per heavy atom. The van der Waals surface area contributed by atoms with Gasteiger partial charge in [-0.25, -0.2) is 9.97 Å². The highest BCUT2D eigenvalue weighted by molar-refractivity contribution is 5.29. The number of anilines is 1. The summed E-state index contributed by atoms with van der Waals surface area (Å²) in [5.74, 6) is 1.50. The third kappa shape index (κ3) is 4.30. The molecular formula is C13H24N4. The zero-order chi connectivity index (χ0) is 12.7. The predicted molar refractivity (Wildman–Crippen MR) is 72.1 cm³/mol. The van der Waals surface area contributed by atoms with Crippen LogP contribution >= 0.6 is 0 Å². The minimum atomic E-state index is 0.646. The van der Waals surface area contributed by atoms with Crippen molar-refractivity contribution in [2.75, 3.05) is 24.5 Å². The first kappa shape index (κ1) is 13.9. The highest BCUT2D eigenvalue weighted by Gasteiger charge is 2.10. The van der Waals surface area contributed by atoms with Gasteiger partial charge in [0.25, 0.3) is 0 Å². The summed E-state index contributed by atoms with van der Waals surface area (Å²) in [6.07, 6.45) is 5.79. The normalized spacial score (nSPS) is 12.5. The van der Waals surface area contributed by atoms with E-state index >= 15 is 0 Å². The Morgan fingerprint density at radius 2 is 1.94 bits per heavy atom. The van der Waals surface area contributed by atoms with Crippen molar-refractivity contribution in [3.8, 4) is 0 Å². The molecule has 0 bridgehead atoms. The van der Waals surface area contributed by atoms with E-state index in [4.69, 9.17) is 5.73 Å². The summed E-state index contributed by atoms with van der Waals surface area (Å²) in [7, 11) is 0. The number of aromatic nitrogens is 2. The molecule has 17 heavy (non-hydrogen) atoms. The Kier molecular flexibility index (Phi) is 5.91. The number of rotatable bonds is 7. The molecule has 0 aliphatic carbocycles. The van der Waals surface area contributed by atoms with Crippen molar-refractivity contribution in [2.45, 2.75) is 33.6 Å².